The summed E-state index contributed by atoms with van der Waals surface area (Å²) in [5.74, 6) is 0.863. The molecule has 0 saturated heterocycles. The fourth-order valence-electron chi connectivity index (χ4n) is 2.90. The Balaban J connectivity index is 1.78. The Kier molecular flexibility index (Phi) is 4.99. The van der Waals surface area contributed by atoms with E-state index < -0.39 is 0 Å². The molecule has 0 spiro atoms. The summed E-state index contributed by atoms with van der Waals surface area (Å²) in [4.78, 5) is 16.6. The maximum Gasteiger partial charge on any atom is 0.274 e. The average Bonchev–Trinajstić information content (AvgIpc) is 3.08. The number of anilines is 1. The lowest BCUT2D eigenvalue weighted by Crippen LogP contribution is -2.16. The van der Waals surface area contributed by atoms with Gasteiger partial charge in [-0.15, -0.1) is 0 Å². The molecule has 5 heteroatoms. The van der Waals surface area contributed by atoms with Crippen molar-refractivity contribution in [3.8, 4) is 11.5 Å². The van der Waals surface area contributed by atoms with Gasteiger partial charge in [0.25, 0.3) is 5.91 Å². The van der Waals surface area contributed by atoms with Gasteiger partial charge in [-0.25, -0.2) is 4.98 Å². The lowest BCUT2D eigenvalue weighted by atomic mass is 10.2. The van der Waals surface area contributed by atoms with Crippen LogP contribution in [0.1, 0.15) is 41.7 Å². The minimum Gasteiger partial charge on any atom is -0.491 e. The summed E-state index contributed by atoms with van der Waals surface area (Å²) in [5.41, 5.74) is 2.14. The van der Waals surface area contributed by atoms with E-state index in [0.29, 0.717) is 17.2 Å². The summed E-state index contributed by atoms with van der Waals surface area (Å²) in [6.45, 7) is 1.98. The van der Waals surface area contributed by atoms with Gasteiger partial charge in [-0.2, -0.15) is 0 Å². The monoisotopic (exact) mass is 326 g/mol. The van der Waals surface area contributed by atoms with Gasteiger partial charge < -0.3 is 14.8 Å². The molecule has 1 fully saturated rings. The number of aromatic nitrogens is 1. The predicted molar refractivity (Wildman–Crippen MR) is 92.8 cm³/mol. The van der Waals surface area contributed by atoms with Crippen molar-refractivity contribution in [3.63, 3.8) is 0 Å². The predicted octanol–water partition coefficient (Wildman–Crippen LogP) is 3.97. The summed E-state index contributed by atoms with van der Waals surface area (Å²) in [5, 5.41) is 2.86. The first-order valence-corrected chi connectivity index (χ1v) is 8.24. The number of hydrogen-bond acceptors (Lipinski definition) is 4. The molecule has 24 heavy (non-hydrogen) atoms. The summed E-state index contributed by atoms with van der Waals surface area (Å²) in [6.07, 6.45) is 6.16. The van der Waals surface area contributed by atoms with Crippen LogP contribution in [-0.2, 0) is 0 Å². The number of methoxy groups -OCH3 is 1. The van der Waals surface area contributed by atoms with Crippen molar-refractivity contribution in [2.24, 2.45) is 0 Å². The van der Waals surface area contributed by atoms with E-state index in [9.17, 15) is 4.79 Å². The largest absolute Gasteiger partial charge is 0.491 e. The van der Waals surface area contributed by atoms with Gasteiger partial charge in [0.2, 0.25) is 0 Å². The van der Waals surface area contributed by atoms with Crippen LogP contribution in [0.2, 0.25) is 0 Å². The van der Waals surface area contributed by atoms with Crippen molar-refractivity contribution in [2.45, 2.75) is 38.7 Å². The van der Waals surface area contributed by atoms with Crippen molar-refractivity contribution in [1.82, 2.24) is 4.98 Å². The second kappa shape index (κ2) is 7.34. The first-order valence-electron chi connectivity index (χ1n) is 8.24. The molecule has 0 bridgehead atoms. The maximum absolute atomic E-state index is 12.4. The van der Waals surface area contributed by atoms with Crippen LogP contribution in [0, 0.1) is 6.92 Å². The molecule has 3 rings (SSSR count). The summed E-state index contributed by atoms with van der Waals surface area (Å²) < 4.78 is 11.3. The summed E-state index contributed by atoms with van der Waals surface area (Å²) in [7, 11) is 1.57. The van der Waals surface area contributed by atoms with Crippen LogP contribution in [0.3, 0.4) is 0 Å². The molecule has 1 aromatic heterocycles. The van der Waals surface area contributed by atoms with E-state index in [-0.39, 0.29) is 12.0 Å². The molecule has 0 atom stereocenters. The van der Waals surface area contributed by atoms with Crippen molar-refractivity contribution in [2.75, 3.05) is 12.4 Å². The number of rotatable bonds is 5. The highest BCUT2D eigenvalue weighted by Crippen LogP contribution is 2.31. The SMILES string of the molecule is COc1cnc(C(=O)Nc2cccc(C)c2)cc1OC1CCCC1. The Morgan fingerprint density at radius 3 is 2.71 bits per heavy atom. The van der Waals surface area contributed by atoms with Crippen LogP contribution in [-0.4, -0.2) is 24.1 Å². The highest BCUT2D eigenvalue weighted by molar-refractivity contribution is 6.03. The molecule has 0 aliphatic heterocycles. The molecule has 5 nitrogen and oxygen atoms in total. The number of ether oxygens (including phenoxy) is 2. The maximum atomic E-state index is 12.4. The van der Waals surface area contributed by atoms with Crippen molar-refractivity contribution < 1.29 is 14.3 Å². The number of carbonyl (C=O) groups excluding carboxylic acids is 1. The number of amides is 1. The number of nitrogens with zero attached hydrogens (tertiary/aromatic N) is 1. The van der Waals surface area contributed by atoms with E-state index in [0.717, 1.165) is 24.1 Å². The minimum atomic E-state index is -0.264. The van der Waals surface area contributed by atoms with Crippen LogP contribution in [0.25, 0.3) is 0 Å². The Labute approximate surface area is 142 Å². The molecule has 1 amide bonds. The third kappa shape index (κ3) is 3.85. The number of pyridine rings is 1. The quantitative estimate of drug-likeness (QED) is 0.903. The number of aryl methyl sites for hydroxylation is 1. The molecule has 1 saturated carbocycles. The third-order valence-electron chi connectivity index (χ3n) is 4.16. The molecular formula is C19H22N2O3. The van der Waals surface area contributed by atoms with Gasteiger partial charge in [0, 0.05) is 11.8 Å². The van der Waals surface area contributed by atoms with Gasteiger partial charge in [0.1, 0.15) is 5.69 Å². The van der Waals surface area contributed by atoms with Gasteiger partial charge in [-0.05, 0) is 50.3 Å². The number of hydrogen-bond donors (Lipinski definition) is 1. The van der Waals surface area contributed by atoms with E-state index in [4.69, 9.17) is 9.47 Å². The second-order valence-electron chi connectivity index (χ2n) is 6.07. The Hall–Kier alpha value is -2.56. The van der Waals surface area contributed by atoms with E-state index in [2.05, 4.69) is 10.3 Å². The molecule has 1 heterocycles. The van der Waals surface area contributed by atoms with Gasteiger partial charge in [-0.3, -0.25) is 4.79 Å². The minimum absolute atomic E-state index is 0.189. The first kappa shape index (κ1) is 16.3. The van der Waals surface area contributed by atoms with Gasteiger partial charge in [0.15, 0.2) is 11.5 Å². The zero-order valence-corrected chi connectivity index (χ0v) is 14.0. The van der Waals surface area contributed by atoms with Crippen molar-refractivity contribution in [1.29, 1.82) is 0 Å². The van der Waals surface area contributed by atoms with Crippen LogP contribution in [0.15, 0.2) is 36.5 Å². The molecule has 1 aromatic carbocycles. The number of carbonyl (C=O) groups is 1. The molecule has 0 unspecified atom stereocenters. The molecule has 1 aliphatic carbocycles. The van der Waals surface area contributed by atoms with E-state index in [1.54, 1.807) is 13.2 Å². The van der Waals surface area contributed by atoms with Crippen LogP contribution >= 0.6 is 0 Å². The zero-order chi connectivity index (χ0) is 16.9. The van der Waals surface area contributed by atoms with Crippen molar-refractivity contribution >= 4 is 11.6 Å². The highest BCUT2D eigenvalue weighted by atomic mass is 16.5. The fourth-order valence-corrected chi connectivity index (χ4v) is 2.90. The number of nitrogens with one attached hydrogen (secondary N) is 1. The van der Waals surface area contributed by atoms with Gasteiger partial charge >= 0.3 is 0 Å². The second-order valence-corrected chi connectivity index (χ2v) is 6.07. The Morgan fingerprint density at radius 2 is 2.00 bits per heavy atom. The smallest absolute Gasteiger partial charge is 0.274 e. The van der Waals surface area contributed by atoms with Crippen molar-refractivity contribution in [3.05, 3.63) is 47.8 Å². The van der Waals surface area contributed by atoms with Gasteiger partial charge in [-0.1, -0.05) is 12.1 Å². The Morgan fingerprint density at radius 1 is 1.21 bits per heavy atom. The van der Waals surface area contributed by atoms with Crippen LogP contribution in [0.5, 0.6) is 11.5 Å². The molecule has 1 aliphatic rings. The van der Waals surface area contributed by atoms with Crippen LogP contribution < -0.4 is 14.8 Å². The van der Waals surface area contributed by atoms with E-state index >= 15 is 0 Å². The third-order valence-corrected chi connectivity index (χ3v) is 4.16. The standard InChI is InChI=1S/C19H22N2O3/c1-13-6-5-7-14(10-13)21-19(22)16-11-17(18(23-2)12-20-16)24-15-8-3-4-9-15/h5-7,10-12,15H,3-4,8-9H2,1-2H3,(H,21,22). The average molecular weight is 326 g/mol. The highest BCUT2D eigenvalue weighted by Gasteiger charge is 2.20. The molecular weight excluding hydrogens is 304 g/mol. The van der Waals surface area contributed by atoms with E-state index in [1.807, 2.05) is 31.2 Å². The van der Waals surface area contributed by atoms with Crippen LogP contribution in [0.4, 0.5) is 5.69 Å². The molecule has 2 aromatic rings. The summed E-state index contributed by atoms with van der Waals surface area (Å²) >= 11 is 0. The first-order chi connectivity index (χ1) is 11.7. The van der Waals surface area contributed by atoms with Gasteiger partial charge in [0.05, 0.1) is 19.4 Å². The lowest BCUT2D eigenvalue weighted by molar-refractivity contribution is 0.102. The molecule has 0 radical (unpaired) electrons. The van der Waals surface area contributed by atoms with E-state index in [1.165, 1.54) is 19.0 Å². The number of benzene rings is 1. The topological polar surface area (TPSA) is 60.5 Å². The Bertz CT molecular complexity index is 724. The normalized spacial score (nSPS) is 14.4. The lowest BCUT2D eigenvalue weighted by Gasteiger charge is -2.16. The summed E-state index contributed by atoms with van der Waals surface area (Å²) in [6, 6.07) is 9.31. The fraction of sp³-hybridized carbons (Fsp3) is 0.368. The molecule has 126 valence electrons. The zero-order valence-electron chi connectivity index (χ0n) is 14.0. The molecule has 1 N–H and O–H groups in total.